The minimum absolute atomic E-state index is 0.0590. The SMILES string of the molecule is CC1(C)CCc2cc(C=C3CCCN=C3c3cccnc3)ccc2O1. The predicted octanol–water partition coefficient (Wildman–Crippen LogP) is 4.85. The van der Waals surface area contributed by atoms with Crippen LogP contribution in [0.15, 0.2) is 53.3 Å². The van der Waals surface area contributed by atoms with Crippen molar-refractivity contribution in [3.63, 3.8) is 0 Å². The number of hydrogen-bond donors (Lipinski definition) is 0. The van der Waals surface area contributed by atoms with Crippen molar-refractivity contribution in [2.24, 2.45) is 4.99 Å². The van der Waals surface area contributed by atoms with Gasteiger partial charge in [-0.15, -0.1) is 0 Å². The van der Waals surface area contributed by atoms with Crippen LogP contribution in [0.2, 0.25) is 0 Å². The van der Waals surface area contributed by atoms with E-state index in [1.165, 1.54) is 16.7 Å². The fourth-order valence-electron chi connectivity index (χ4n) is 3.57. The van der Waals surface area contributed by atoms with Crippen molar-refractivity contribution in [2.45, 2.75) is 45.1 Å². The summed E-state index contributed by atoms with van der Waals surface area (Å²) in [7, 11) is 0. The van der Waals surface area contributed by atoms with Crippen molar-refractivity contribution in [1.29, 1.82) is 0 Å². The molecule has 3 heterocycles. The molecule has 25 heavy (non-hydrogen) atoms. The van der Waals surface area contributed by atoms with E-state index in [-0.39, 0.29) is 5.60 Å². The molecule has 0 fully saturated rings. The molecule has 1 aromatic carbocycles. The monoisotopic (exact) mass is 332 g/mol. The van der Waals surface area contributed by atoms with Gasteiger partial charge < -0.3 is 4.74 Å². The number of pyridine rings is 1. The fraction of sp³-hybridized carbons (Fsp3) is 0.364. The summed E-state index contributed by atoms with van der Waals surface area (Å²) < 4.78 is 6.10. The van der Waals surface area contributed by atoms with E-state index in [1.54, 1.807) is 6.20 Å². The lowest BCUT2D eigenvalue weighted by Gasteiger charge is -2.32. The summed E-state index contributed by atoms with van der Waals surface area (Å²) in [5.74, 6) is 1.03. The Morgan fingerprint density at radius 3 is 2.92 bits per heavy atom. The zero-order chi connectivity index (χ0) is 17.3. The first kappa shape index (κ1) is 16.1. The fourth-order valence-corrected chi connectivity index (χ4v) is 3.57. The van der Waals surface area contributed by atoms with E-state index in [2.05, 4.69) is 49.2 Å². The first-order valence-corrected chi connectivity index (χ1v) is 9.08. The maximum Gasteiger partial charge on any atom is 0.123 e. The summed E-state index contributed by atoms with van der Waals surface area (Å²) >= 11 is 0. The molecule has 0 atom stereocenters. The molecule has 0 radical (unpaired) electrons. The summed E-state index contributed by atoms with van der Waals surface area (Å²) in [5.41, 5.74) is 5.98. The third-order valence-electron chi connectivity index (χ3n) is 4.92. The molecular weight excluding hydrogens is 308 g/mol. The summed E-state index contributed by atoms with van der Waals surface area (Å²) in [4.78, 5) is 9.02. The molecule has 0 N–H and O–H groups in total. The second-order valence-corrected chi connectivity index (χ2v) is 7.47. The van der Waals surface area contributed by atoms with Gasteiger partial charge in [-0.25, -0.2) is 0 Å². The Kier molecular flexibility index (Phi) is 4.16. The van der Waals surface area contributed by atoms with Gasteiger partial charge in [0, 0.05) is 24.5 Å². The first-order chi connectivity index (χ1) is 12.1. The number of hydrogen-bond acceptors (Lipinski definition) is 3. The molecule has 2 aliphatic heterocycles. The van der Waals surface area contributed by atoms with Gasteiger partial charge in [0.1, 0.15) is 11.4 Å². The Bertz CT molecular complexity index is 834. The van der Waals surface area contributed by atoms with Crippen LogP contribution in [-0.2, 0) is 6.42 Å². The molecule has 1 aromatic heterocycles. The predicted molar refractivity (Wildman–Crippen MR) is 102 cm³/mol. The topological polar surface area (TPSA) is 34.5 Å². The van der Waals surface area contributed by atoms with Gasteiger partial charge >= 0.3 is 0 Å². The van der Waals surface area contributed by atoms with Crippen LogP contribution in [0.1, 0.15) is 49.8 Å². The summed E-state index contributed by atoms with van der Waals surface area (Å²) in [5, 5.41) is 0. The van der Waals surface area contributed by atoms with Gasteiger partial charge in [-0.05, 0) is 86.6 Å². The van der Waals surface area contributed by atoms with Gasteiger partial charge in [-0.1, -0.05) is 6.07 Å². The molecule has 0 bridgehead atoms. The normalized spacial score (nSPS) is 20.6. The minimum Gasteiger partial charge on any atom is -0.488 e. The lowest BCUT2D eigenvalue weighted by Crippen LogP contribution is -2.32. The smallest absolute Gasteiger partial charge is 0.123 e. The number of aryl methyl sites for hydroxylation is 1. The molecule has 0 saturated heterocycles. The number of benzene rings is 1. The molecule has 2 aromatic rings. The quantitative estimate of drug-likeness (QED) is 0.788. The Morgan fingerprint density at radius 2 is 2.08 bits per heavy atom. The maximum absolute atomic E-state index is 6.10. The van der Waals surface area contributed by atoms with E-state index in [0.29, 0.717) is 0 Å². The minimum atomic E-state index is -0.0590. The molecule has 128 valence electrons. The Morgan fingerprint density at radius 1 is 1.16 bits per heavy atom. The summed E-state index contributed by atoms with van der Waals surface area (Å²) in [6.07, 6.45) is 10.3. The van der Waals surface area contributed by atoms with Crippen molar-refractivity contribution >= 4 is 11.8 Å². The van der Waals surface area contributed by atoms with E-state index < -0.39 is 0 Å². The highest BCUT2D eigenvalue weighted by atomic mass is 16.5. The van der Waals surface area contributed by atoms with Crippen LogP contribution in [0.3, 0.4) is 0 Å². The van der Waals surface area contributed by atoms with Gasteiger partial charge in [-0.3, -0.25) is 9.98 Å². The van der Waals surface area contributed by atoms with Gasteiger partial charge in [0.15, 0.2) is 0 Å². The van der Waals surface area contributed by atoms with Crippen LogP contribution < -0.4 is 4.74 Å². The number of aromatic nitrogens is 1. The van der Waals surface area contributed by atoms with Crippen LogP contribution in [0.25, 0.3) is 6.08 Å². The van der Waals surface area contributed by atoms with Crippen LogP contribution in [-0.4, -0.2) is 22.8 Å². The van der Waals surface area contributed by atoms with Crippen LogP contribution in [0.5, 0.6) is 5.75 Å². The maximum atomic E-state index is 6.10. The highest BCUT2D eigenvalue weighted by Crippen LogP contribution is 2.34. The van der Waals surface area contributed by atoms with Crippen molar-refractivity contribution in [3.05, 3.63) is 65.0 Å². The van der Waals surface area contributed by atoms with Crippen LogP contribution in [0, 0.1) is 0 Å². The highest BCUT2D eigenvalue weighted by Gasteiger charge is 2.26. The van der Waals surface area contributed by atoms with Gasteiger partial charge in [0.05, 0.1) is 5.71 Å². The number of aliphatic imine (C=N–C) groups is 1. The lowest BCUT2D eigenvalue weighted by atomic mass is 9.91. The zero-order valence-corrected chi connectivity index (χ0v) is 15.0. The Labute approximate surface area is 149 Å². The van der Waals surface area contributed by atoms with Gasteiger partial charge in [0.2, 0.25) is 0 Å². The highest BCUT2D eigenvalue weighted by molar-refractivity contribution is 6.15. The average Bonchev–Trinajstić information content (AvgIpc) is 2.63. The van der Waals surface area contributed by atoms with Crippen LogP contribution in [0.4, 0.5) is 0 Å². The molecule has 0 spiro atoms. The molecule has 0 aliphatic carbocycles. The molecule has 0 unspecified atom stereocenters. The van der Waals surface area contributed by atoms with Crippen LogP contribution >= 0.6 is 0 Å². The Hall–Kier alpha value is -2.42. The molecule has 0 saturated carbocycles. The number of rotatable bonds is 2. The molecule has 2 aliphatic rings. The molecular formula is C22H24N2O. The molecule has 3 nitrogen and oxygen atoms in total. The van der Waals surface area contributed by atoms with Crippen molar-refractivity contribution < 1.29 is 4.74 Å². The van der Waals surface area contributed by atoms with E-state index in [0.717, 1.165) is 49.3 Å². The third kappa shape index (κ3) is 3.51. The first-order valence-electron chi connectivity index (χ1n) is 9.08. The summed E-state index contributed by atoms with van der Waals surface area (Å²) in [6.45, 7) is 5.21. The largest absolute Gasteiger partial charge is 0.488 e. The van der Waals surface area contributed by atoms with E-state index in [4.69, 9.17) is 9.73 Å². The van der Waals surface area contributed by atoms with Gasteiger partial charge in [-0.2, -0.15) is 0 Å². The second-order valence-electron chi connectivity index (χ2n) is 7.47. The lowest BCUT2D eigenvalue weighted by molar-refractivity contribution is 0.0847. The van der Waals surface area contributed by atoms with E-state index in [9.17, 15) is 0 Å². The number of ether oxygens (including phenoxy) is 1. The van der Waals surface area contributed by atoms with Gasteiger partial charge in [0.25, 0.3) is 0 Å². The number of fused-ring (bicyclic) bond motifs is 1. The third-order valence-corrected chi connectivity index (χ3v) is 4.92. The second kappa shape index (κ2) is 6.47. The van der Waals surface area contributed by atoms with E-state index in [1.807, 2.05) is 12.3 Å². The molecule has 0 amide bonds. The zero-order valence-electron chi connectivity index (χ0n) is 15.0. The van der Waals surface area contributed by atoms with Crippen molar-refractivity contribution in [1.82, 2.24) is 4.98 Å². The molecule has 3 heteroatoms. The standard InChI is InChI=1S/C22H24N2O/c1-22(2)10-9-17-13-16(7-8-20(17)25-22)14-18-5-4-12-24-21(18)19-6-3-11-23-15-19/h3,6-8,11,13-15H,4-5,9-10,12H2,1-2H3. The summed E-state index contributed by atoms with van der Waals surface area (Å²) in [6, 6.07) is 10.6. The number of nitrogens with zero attached hydrogens (tertiary/aromatic N) is 2. The molecule has 4 rings (SSSR count). The average molecular weight is 332 g/mol. The number of allylic oxidation sites excluding steroid dienone is 1. The van der Waals surface area contributed by atoms with E-state index >= 15 is 0 Å². The van der Waals surface area contributed by atoms with Crippen molar-refractivity contribution in [2.75, 3.05) is 6.54 Å². The van der Waals surface area contributed by atoms with Crippen molar-refractivity contribution in [3.8, 4) is 5.75 Å². The Balaban J connectivity index is 1.66.